The Labute approximate surface area is 182 Å². The molecule has 3 aromatic carbocycles. The summed E-state index contributed by atoms with van der Waals surface area (Å²) in [7, 11) is -4.59. The van der Waals surface area contributed by atoms with Crippen LogP contribution in [0.2, 0.25) is 5.02 Å². The summed E-state index contributed by atoms with van der Waals surface area (Å²) in [4.78, 5) is 3.44. The second kappa shape index (κ2) is 8.35. The van der Waals surface area contributed by atoms with E-state index >= 15 is 0 Å². The zero-order chi connectivity index (χ0) is 21.3. The second-order valence-corrected chi connectivity index (χ2v) is 10.7. The Balaban J connectivity index is 1.42. The number of hydrogen-bond donors (Lipinski definition) is 2. The minimum Gasteiger partial charge on any atom is -0.347 e. The van der Waals surface area contributed by atoms with E-state index in [9.17, 15) is 12.6 Å². The van der Waals surface area contributed by atoms with Gasteiger partial charge in [0.1, 0.15) is 16.0 Å². The molecule has 5 nitrogen and oxygen atoms in total. The van der Waals surface area contributed by atoms with E-state index in [1.807, 2.05) is 42.5 Å². The van der Waals surface area contributed by atoms with E-state index in [1.165, 1.54) is 6.26 Å². The normalized spacial score (nSPS) is 12.9. The van der Waals surface area contributed by atoms with Crippen molar-refractivity contribution < 1.29 is 12.6 Å². The molecule has 1 aromatic heterocycles. The number of H-pyrrole nitrogens is 1. The van der Waals surface area contributed by atoms with Gasteiger partial charge in [-0.1, -0.05) is 48.0 Å². The van der Waals surface area contributed by atoms with Gasteiger partial charge in [0.15, 0.2) is 9.84 Å². The number of aromatic amines is 1. The molecule has 0 aliphatic rings. The fourth-order valence-corrected chi connectivity index (χ4v) is 4.81. The van der Waals surface area contributed by atoms with Crippen molar-refractivity contribution in [3.05, 3.63) is 83.4 Å². The summed E-state index contributed by atoms with van der Waals surface area (Å²) >= 11 is 6.00. The summed E-state index contributed by atoms with van der Waals surface area (Å²) in [5.41, 5.74) is 3.78. The molecule has 1 unspecified atom stereocenters. The summed E-state index contributed by atoms with van der Waals surface area (Å²) in [6, 6.07) is 21.9. The Morgan fingerprint density at radius 2 is 1.57 bits per heavy atom. The van der Waals surface area contributed by atoms with Crippen molar-refractivity contribution in [3.63, 3.8) is 0 Å². The van der Waals surface area contributed by atoms with Gasteiger partial charge in [-0.2, -0.15) is 0 Å². The number of nitrogens with one attached hydrogen (secondary N) is 2. The first-order valence-electron chi connectivity index (χ1n) is 9.12. The average molecular weight is 459 g/mol. The first-order valence-corrected chi connectivity index (χ1v) is 12.5. The van der Waals surface area contributed by atoms with E-state index < -0.39 is 20.8 Å². The molecular formula is C22H19ClN2O3S2. The lowest BCUT2D eigenvalue weighted by Gasteiger charge is -2.07. The Bertz CT molecular complexity index is 1330. The van der Waals surface area contributed by atoms with E-state index in [-0.39, 0.29) is 0 Å². The van der Waals surface area contributed by atoms with Gasteiger partial charge >= 0.3 is 0 Å². The highest BCUT2D eigenvalue weighted by atomic mass is 35.5. The van der Waals surface area contributed by atoms with Crippen LogP contribution >= 0.6 is 11.6 Å². The molecule has 1 atom stereocenters. The maximum absolute atomic E-state index is 12.6. The molecule has 154 valence electrons. The first kappa shape index (κ1) is 20.8. The van der Waals surface area contributed by atoms with Crippen molar-refractivity contribution in [3.8, 4) is 11.1 Å². The third kappa shape index (κ3) is 4.65. The third-order valence-corrected chi connectivity index (χ3v) is 7.12. The van der Waals surface area contributed by atoms with Crippen molar-refractivity contribution in [2.45, 2.75) is 16.5 Å². The molecular weight excluding hydrogens is 440 g/mol. The molecule has 0 bridgehead atoms. The summed E-state index contributed by atoms with van der Waals surface area (Å²) in [5, 5.41) is 2.14. The zero-order valence-electron chi connectivity index (χ0n) is 16.1. The zero-order valence-corrected chi connectivity index (χ0v) is 18.4. The van der Waals surface area contributed by atoms with Gasteiger partial charge in [-0.3, -0.25) is 0 Å². The summed E-state index contributed by atoms with van der Waals surface area (Å²) in [6.45, 7) is 0.441. The third-order valence-electron chi connectivity index (χ3n) is 4.73. The molecule has 0 aliphatic heterocycles. The molecule has 0 aliphatic carbocycles. The largest absolute Gasteiger partial charge is 0.347 e. The van der Waals surface area contributed by atoms with E-state index in [4.69, 9.17) is 11.6 Å². The average Bonchev–Trinajstić information content (AvgIpc) is 3.15. The molecule has 4 aromatic rings. The van der Waals surface area contributed by atoms with Crippen LogP contribution in [0.4, 0.5) is 0 Å². The lowest BCUT2D eigenvalue weighted by molar-refractivity contribution is 0.602. The van der Waals surface area contributed by atoms with Gasteiger partial charge in [0, 0.05) is 28.7 Å². The van der Waals surface area contributed by atoms with Gasteiger partial charge in [0.2, 0.25) is 0 Å². The standard InChI is InChI=1S/C22H19ClN2O3S2/c1-30(27,28)20-9-6-17(7-10-20)16-4-2-15(3-5-16)14-24-29(26)22-13-18-12-19(23)8-11-21(18)25-22/h2-13,24-25H,14H2,1H3. The van der Waals surface area contributed by atoms with Crippen molar-refractivity contribution in [1.82, 2.24) is 9.71 Å². The van der Waals surface area contributed by atoms with Crippen LogP contribution in [0.15, 0.2) is 82.7 Å². The van der Waals surface area contributed by atoms with Crippen molar-refractivity contribution in [2.75, 3.05) is 6.26 Å². The monoisotopic (exact) mass is 458 g/mol. The number of hydrogen-bond acceptors (Lipinski definition) is 3. The SMILES string of the molecule is CS(=O)(=O)c1ccc(-c2ccc(CNS(=O)c3cc4cc(Cl)ccc4[nH]3)cc2)cc1. The van der Waals surface area contributed by atoms with Gasteiger partial charge in [-0.05, 0) is 53.1 Å². The number of aromatic nitrogens is 1. The van der Waals surface area contributed by atoms with Crippen molar-refractivity contribution >= 4 is 43.3 Å². The highest BCUT2D eigenvalue weighted by molar-refractivity contribution is 7.90. The Morgan fingerprint density at radius 1 is 0.933 bits per heavy atom. The van der Waals surface area contributed by atoms with E-state index in [0.29, 0.717) is 21.5 Å². The molecule has 2 N–H and O–H groups in total. The van der Waals surface area contributed by atoms with E-state index in [2.05, 4.69) is 9.71 Å². The Kier molecular flexibility index (Phi) is 5.79. The number of halogens is 1. The molecule has 0 radical (unpaired) electrons. The molecule has 8 heteroatoms. The van der Waals surface area contributed by atoms with Crippen molar-refractivity contribution in [1.29, 1.82) is 0 Å². The quantitative estimate of drug-likeness (QED) is 0.439. The topological polar surface area (TPSA) is 79.0 Å². The van der Waals surface area contributed by atoms with Crippen LogP contribution in [0.3, 0.4) is 0 Å². The fourth-order valence-electron chi connectivity index (χ4n) is 3.11. The lowest BCUT2D eigenvalue weighted by Crippen LogP contribution is -2.16. The number of benzene rings is 3. The smallest absolute Gasteiger partial charge is 0.175 e. The minimum atomic E-state index is -3.20. The van der Waals surface area contributed by atoms with Gasteiger partial charge in [-0.25, -0.2) is 17.3 Å². The van der Waals surface area contributed by atoms with Crippen LogP contribution < -0.4 is 4.72 Å². The van der Waals surface area contributed by atoms with Crippen LogP contribution in [0, 0.1) is 0 Å². The molecule has 0 fully saturated rings. The van der Waals surface area contributed by atoms with Gasteiger partial charge in [0.05, 0.1) is 4.90 Å². The van der Waals surface area contributed by atoms with Gasteiger partial charge in [0.25, 0.3) is 0 Å². The van der Waals surface area contributed by atoms with Crippen LogP contribution in [-0.4, -0.2) is 23.9 Å². The van der Waals surface area contributed by atoms with Crippen LogP contribution in [0.5, 0.6) is 0 Å². The van der Waals surface area contributed by atoms with Gasteiger partial charge < -0.3 is 4.98 Å². The molecule has 0 amide bonds. The molecule has 0 spiro atoms. The summed E-state index contributed by atoms with van der Waals surface area (Å²) < 4.78 is 38.7. The summed E-state index contributed by atoms with van der Waals surface area (Å²) in [5.74, 6) is 0. The van der Waals surface area contributed by atoms with Crippen LogP contribution in [0.1, 0.15) is 5.56 Å². The Hall–Kier alpha value is -2.45. The predicted octanol–water partition coefficient (Wildman–Crippen LogP) is 4.70. The molecule has 0 saturated carbocycles. The highest BCUT2D eigenvalue weighted by Crippen LogP contribution is 2.23. The fraction of sp³-hybridized carbons (Fsp3) is 0.0909. The maximum Gasteiger partial charge on any atom is 0.175 e. The minimum absolute atomic E-state index is 0.300. The highest BCUT2D eigenvalue weighted by Gasteiger charge is 2.09. The van der Waals surface area contributed by atoms with Gasteiger partial charge in [-0.15, -0.1) is 0 Å². The summed E-state index contributed by atoms with van der Waals surface area (Å²) in [6.07, 6.45) is 1.19. The second-order valence-electron chi connectivity index (χ2n) is 6.95. The maximum atomic E-state index is 12.6. The van der Waals surface area contributed by atoms with Crippen molar-refractivity contribution in [2.24, 2.45) is 0 Å². The van der Waals surface area contributed by atoms with E-state index in [1.54, 1.807) is 30.3 Å². The molecule has 1 heterocycles. The van der Waals surface area contributed by atoms with E-state index in [0.717, 1.165) is 27.6 Å². The van der Waals surface area contributed by atoms with Crippen LogP contribution in [-0.2, 0) is 27.4 Å². The predicted molar refractivity (Wildman–Crippen MR) is 122 cm³/mol. The lowest BCUT2D eigenvalue weighted by atomic mass is 10.0. The first-order chi connectivity index (χ1) is 14.3. The molecule has 0 saturated heterocycles. The van der Waals surface area contributed by atoms with Crippen LogP contribution in [0.25, 0.3) is 22.0 Å². The number of sulfone groups is 1. The molecule has 4 rings (SSSR count). The Morgan fingerprint density at radius 3 is 2.20 bits per heavy atom. The number of rotatable bonds is 6. The number of fused-ring (bicyclic) bond motifs is 1. The molecule has 30 heavy (non-hydrogen) atoms.